The van der Waals surface area contributed by atoms with E-state index in [1.807, 2.05) is 32.9 Å². The minimum atomic E-state index is -3.47. The molecule has 1 atom stereocenters. The molecule has 2 aromatic carbocycles. The first-order chi connectivity index (χ1) is 13.6. The highest BCUT2D eigenvalue weighted by Crippen LogP contribution is 2.24. The minimum absolute atomic E-state index is 0.100. The summed E-state index contributed by atoms with van der Waals surface area (Å²) < 4.78 is 30.9. The molecule has 0 heterocycles. The molecular weight excluding hydrogens is 388 g/mol. The second kappa shape index (κ2) is 9.78. The largest absolute Gasteiger partial charge is 0.497 e. The summed E-state index contributed by atoms with van der Waals surface area (Å²) in [7, 11) is -1.94. The van der Waals surface area contributed by atoms with Gasteiger partial charge >= 0.3 is 0 Å². The van der Waals surface area contributed by atoms with Crippen LogP contribution in [0.1, 0.15) is 42.5 Å². The lowest BCUT2D eigenvalue weighted by molar-refractivity contribution is -0.121. The molecule has 0 spiro atoms. The summed E-state index contributed by atoms with van der Waals surface area (Å²) in [5.41, 5.74) is 3.93. The molecule has 1 amide bonds. The fraction of sp³-hybridized carbons (Fsp3) is 0.409. The average molecular weight is 419 g/mol. The van der Waals surface area contributed by atoms with Crippen molar-refractivity contribution in [3.63, 3.8) is 0 Å². The fourth-order valence-electron chi connectivity index (χ4n) is 3.34. The van der Waals surface area contributed by atoms with Crippen LogP contribution < -0.4 is 14.4 Å². The molecule has 0 saturated carbocycles. The van der Waals surface area contributed by atoms with E-state index in [1.54, 1.807) is 24.3 Å². The van der Waals surface area contributed by atoms with Crippen molar-refractivity contribution >= 4 is 21.6 Å². The highest BCUT2D eigenvalue weighted by atomic mass is 32.2. The maximum atomic E-state index is 12.4. The zero-order chi connectivity index (χ0) is 21.6. The normalized spacial score (nSPS) is 12.3. The number of nitrogens with zero attached hydrogens (tertiary/aromatic N) is 1. The van der Waals surface area contributed by atoms with Crippen LogP contribution in [0.25, 0.3) is 0 Å². The van der Waals surface area contributed by atoms with Crippen LogP contribution in [0, 0.1) is 13.8 Å². The summed E-state index contributed by atoms with van der Waals surface area (Å²) in [6.45, 7) is 6.24. The van der Waals surface area contributed by atoms with Gasteiger partial charge < -0.3 is 10.1 Å². The number of carbonyl (C=O) groups is 1. The van der Waals surface area contributed by atoms with Crippen LogP contribution in [-0.2, 0) is 14.8 Å². The first-order valence-electron chi connectivity index (χ1n) is 9.60. The maximum Gasteiger partial charge on any atom is 0.232 e. The number of amides is 1. The Kier molecular flexibility index (Phi) is 7.67. The third-order valence-electron chi connectivity index (χ3n) is 4.78. The van der Waals surface area contributed by atoms with Crippen LogP contribution in [-0.4, -0.2) is 34.2 Å². The predicted molar refractivity (Wildman–Crippen MR) is 117 cm³/mol. The molecule has 0 bridgehead atoms. The van der Waals surface area contributed by atoms with Gasteiger partial charge in [0.05, 0.1) is 25.1 Å². The second-order valence-electron chi connectivity index (χ2n) is 7.29. The standard InChI is InChI=1S/C22H30N2O4S/c1-16-11-12-21(17(2)14-16)18(3)23-22(25)10-7-13-24(29(5,26)27)19-8-6-9-20(15-19)28-4/h6,8-9,11-12,14-15,18H,7,10,13H2,1-5H3,(H,23,25)/t18-/m1/s1. The summed E-state index contributed by atoms with van der Waals surface area (Å²) in [4.78, 5) is 12.4. The zero-order valence-corrected chi connectivity index (χ0v) is 18.5. The first kappa shape index (κ1) is 22.7. The molecule has 0 aromatic heterocycles. The molecule has 0 aliphatic rings. The van der Waals surface area contributed by atoms with Gasteiger partial charge in [-0.1, -0.05) is 29.8 Å². The number of anilines is 1. The van der Waals surface area contributed by atoms with Crippen LogP contribution >= 0.6 is 0 Å². The first-order valence-corrected chi connectivity index (χ1v) is 11.4. The average Bonchev–Trinajstić information content (AvgIpc) is 2.64. The molecule has 158 valence electrons. The number of sulfonamides is 1. The van der Waals surface area contributed by atoms with Crippen LogP contribution in [0.15, 0.2) is 42.5 Å². The second-order valence-corrected chi connectivity index (χ2v) is 9.20. The molecule has 2 rings (SSSR count). The molecule has 2 aromatic rings. The van der Waals surface area contributed by atoms with E-state index in [0.29, 0.717) is 17.9 Å². The van der Waals surface area contributed by atoms with Gasteiger partial charge in [0.25, 0.3) is 0 Å². The molecule has 29 heavy (non-hydrogen) atoms. The third-order valence-corrected chi connectivity index (χ3v) is 5.97. The van der Waals surface area contributed by atoms with E-state index in [2.05, 4.69) is 11.4 Å². The number of ether oxygens (including phenoxy) is 1. The van der Waals surface area contributed by atoms with Gasteiger partial charge in [-0.05, 0) is 50.5 Å². The van der Waals surface area contributed by atoms with Crippen LogP contribution in [0.5, 0.6) is 5.75 Å². The summed E-state index contributed by atoms with van der Waals surface area (Å²) in [6.07, 6.45) is 1.82. The Labute approximate surface area is 173 Å². The Balaban J connectivity index is 1.97. The number of methoxy groups -OCH3 is 1. The molecule has 1 N–H and O–H groups in total. The van der Waals surface area contributed by atoms with E-state index < -0.39 is 10.0 Å². The van der Waals surface area contributed by atoms with Crippen LogP contribution in [0.4, 0.5) is 5.69 Å². The molecule has 0 radical (unpaired) electrons. The number of carbonyl (C=O) groups excluding carboxylic acids is 1. The van der Waals surface area contributed by atoms with Gasteiger partial charge in [0.1, 0.15) is 5.75 Å². The van der Waals surface area contributed by atoms with Gasteiger partial charge in [0, 0.05) is 19.0 Å². The summed E-state index contributed by atoms with van der Waals surface area (Å²) in [6, 6.07) is 12.9. The van der Waals surface area contributed by atoms with E-state index in [9.17, 15) is 13.2 Å². The van der Waals surface area contributed by atoms with Gasteiger partial charge in [-0.2, -0.15) is 0 Å². The Morgan fingerprint density at radius 3 is 2.52 bits per heavy atom. The van der Waals surface area contributed by atoms with Gasteiger partial charge in [-0.25, -0.2) is 8.42 Å². The van der Waals surface area contributed by atoms with Crippen molar-refractivity contribution in [2.24, 2.45) is 0 Å². The van der Waals surface area contributed by atoms with Crippen molar-refractivity contribution in [1.29, 1.82) is 0 Å². The topological polar surface area (TPSA) is 75.7 Å². The number of hydrogen-bond acceptors (Lipinski definition) is 4. The monoisotopic (exact) mass is 418 g/mol. The number of benzene rings is 2. The number of hydrogen-bond donors (Lipinski definition) is 1. The maximum absolute atomic E-state index is 12.4. The lowest BCUT2D eigenvalue weighted by Crippen LogP contribution is -2.32. The van der Waals surface area contributed by atoms with E-state index in [1.165, 1.54) is 17.0 Å². The molecule has 0 saturated heterocycles. The van der Waals surface area contributed by atoms with Crippen molar-refractivity contribution in [2.75, 3.05) is 24.2 Å². The highest BCUT2D eigenvalue weighted by Gasteiger charge is 2.19. The molecule has 0 fully saturated rings. The molecule has 7 heteroatoms. The van der Waals surface area contributed by atoms with Crippen molar-refractivity contribution in [2.45, 2.75) is 39.7 Å². The lowest BCUT2D eigenvalue weighted by Gasteiger charge is -2.23. The summed E-state index contributed by atoms with van der Waals surface area (Å²) in [5, 5.41) is 3.00. The van der Waals surface area contributed by atoms with E-state index in [0.717, 1.165) is 17.4 Å². The minimum Gasteiger partial charge on any atom is -0.497 e. The van der Waals surface area contributed by atoms with Gasteiger partial charge in [-0.3, -0.25) is 9.10 Å². The summed E-state index contributed by atoms with van der Waals surface area (Å²) in [5.74, 6) is 0.479. The Bertz CT molecular complexity index is 957. The Morgan fingerprint density at radius 1 is 1.17 bits per heavy atom. The molecule has 0 aliphatic carbocycles. The van der Waals surface area contributed by atoms with E-state index >= 15 is 0 Å². The van der Waals surface area contributed by atoms with Gasteiger partial charge in [-0.15, -0.1) is 0 Å². The molecule has 0 unspecified atom stereocenters. The smallest absolute Gasteiger partial charge is 0.232 e. The van der Waals surface area contributed by atoms with Crippen molar-refractivity contribution in [3.05, 3.63) is 59.2 Å². The van der Waals surface area contributed by atoms with E-state index in [-0.39, 0.29) is 24.9 Å². The lowest BCUT2D eigenvalue weighted by atomic mass is 10.00. The van der Waals surface area contributed by atoms with Crippen molar-refractivity contribution in [1.82, 2.24) is 5.32 Å². The Hall–Kier alpha value is -2.54. The van der Waals surface area contributed by atoms with Gasteiger partial charge in [0.2, 0.25) is 15.9 Å². The quantitative estimate of drug-likeness (QED) is 0.673. The number of aryl methyl sites for hydroxylation is 2. The van der Waals surface area contributed by atoms with Crippen molar-refractivity contribution in [3.8, 4) is 5.75 Å². The highest BCUT2D eigenvalue weighted by molar-refractivity contribution is 7.92. The van der Waals surface area contributed by atoms with Gasteiger partial charge in [0.15, 0.2) is 0 Å². The molecule has 0 aliphatic heterocycles. The Morgan fingerprint density at radius 2 is 1.90 bits per heavy atom. The number of nitrogens with one attached hydrogen (secondary N) is 1. The summed E-state index contributed by atoms with van der Waals surface area (Å²) >= 11 is 0. The van der Waals surface area contributed by atoms with Crippen LogP contribution in [0.3, 0.4) is 0 Å². The van der Waals surface area contributed by atoms with Crippen molar-refractivity contribution < 1.29 is 17.9 Å². The molecule has 6 nitrogen and oxygen atoms in total. The number of rotatable bonds is 9. The molecular formula is C22H30N2O4S. The third kappa shape index (κ3) is 6.49. The fourth-order valence-corrected chi connectivity index (χ4v) is 4.30. The van der Waals surface area contributed by atoms with Crippen LogP contribution in [0.2, 0.25) is 0 Å². The predicted octanol–water partition coefficient (Wildman–Crippen LogP) is 3.74. The van der Waals surface area contributed by atoms with E-state index in [4.69, 9.17) is 4.74 Å². The zero-order valence-electron chi connectivity index (χ0n) is 17.7. The SMILES string of the molecule is COc1cccc(N(CCCC(=O)N[C@H](C)c2ccc(C)cc2C)S(C)(=O)=O)c1.